The summed E-state index contributed by atoms with van der Waals surface area (Å²) in [6.45, 7) is 0. The molecule has 0 heterocycles. The standard InChI is InChI=1S/C8H7F2IN2O2/c9-8(10,7(14)13-12)15-6-4-2-1-3-5(6)11/h1-4H,12H2,(H,13,14). The predicted molar refractivity (Wildman–Crippen MR) is 57.1 cm³/mol. The fourth-order valence-corrected chi connectivity index (χ4v) is 1.29. The second-order valence-corrected chi connectivity index (χ2v) is 3.68. The smallest absolute Gasteiger partial charge is 0.424 e. The van der Waals surface area contributed by atoms with E-state index in [1.54, 1.807) is 12.1 Å². The summed E-state index contributed by atoms with van der Waals surface area (Å²) in [5.41, 5.74) is 1.33. The Morgan fingerprint density at radius 1 is 1.47 bits per heavy atom. The van der Waals surface area contributed by atoms with Gasteiger partial charge in [0.2, 0.25) is 0 Å². The quantitative estimate of drug-likeness (QED) is 0.380. The molecule has 1 amide bonds. The number of halogens is 3. The number of hydrogen-bond donors (Lipinski definition) is 2. The van der Waals surface area contributed by atoms with Gasteiger partial charge in [-0.3, -0.25) is 10.2 Å². The molecule has 82 valence electrons. The number of hydrogen-bond acceptors (Lipinski definition) is 3. The summed E-state index contributed by atoms with van der Waals surface area (Å²) < 4.78 is 30.7. The first-order chi connectivity index (χ1) is 6.97. The lowest BCUT2D eigenvalue weighted by molar-refractivity contribution is -0.193. The van der Waals surface area contributed by atoms with E-state index in [0.717, 1.165) is 0 Å². The summed E-state index contributed by atoms with van der Waals surface area (Å²) in [6, 6.07) is 6.09. The third-order valence-corrected chi connectivity index (χ3v) is 2.36. The molecule has 7 heteroatoms. The van der Waals surface area contributed by atoms with Gasteiger partial charge < -0.3 is 4.74 Å². The lowest BCUT2D eigenvalue weighted by Crippen LogP contribution is -2.47. The van der Waals surface area contributed by atoms with Crippen molar-refractivity contribution in [3.8, 4) is 5.75 Å². The number of alkyl halides is 2. The van der Waals surface area contributed by atoms with Crippen LogP contribution in [0.1, 0.15) is 0 Å². The zero-order valence-electron chi connectivity index (χ0n) is 7.34. The molecule has 0 atom stereocenters. The van der Waals surface area contributed by atoms with Crippen LogP contribution in [0.5, 0.6) is 5.75 Å². The number of hydrazine groups is 1. The molecule has 0 saturated carbocycles. The van der Waals surface area contributed by atoms with E-state index in [9.17, 15) is 13.6 Å². The van der Waals surface area contributed by atoms with Gasteiger partial charge in [0.05, 0.1) is 3.57 Å². The highest BCUT2D eigenvalue weighted by atomic mass is 127. The molecular formula is C8H7F2IN2O2. The Kier molecular flexibility index (Phi) is 3.80. The molecule has 4 nitrogen and oxygen atoms in total. The predicted octanol–water partition coefficient (Wildman–Crippen LogP) is 1.25. The van der Waals surface area contributed by atoms with Crippen molar-refractivity contribution in [3.63, 3.8) is 0 Å². The number of benzene rings is 1. The molecule has 0 bridgehead atoms. The van der Waals surface area contributed by atoms with Crippen LogP contribution in [-0.2, 0) is 4.79 Å². The summed E-state index contributed by atoms with van der Waals surface area (Å²) >= 11 is 1.81. The molecule has 0 aliphatic rings. The number of para-hydroxylation sites is 1. The van der Waals surface area contributed by atoms with E-state index in [4.69, 9.17) is 0 Å². The van der Waals surface area contributed by atoms with Crippen molar-refractivity contribution in [3.05, 3.63) is 27.8 Å². The molecule has 0 radical (unpaired) electrons. The lowest BCUT2D eigenvalue weighted by Gasteiger charge is -2.16. The number of rotatable bonds is 3. The van der Waals surface area contributed by atoms with Gasteiger partial charge in [-0.1, -0.05) is 12.1 Å². The number of carbonyl (C=O) groups is 1. The number of nitrogens with one attached hydrogen (secondary N) is 1. The van der Waals surface area contributed by atoms with Crippen molar-refractivity contribution >= 4 is 28.5 Å². The van der Waals surface area contributed by atoms with Crippen molar-refractivity contribution in [2.45, 2.75) is 6.11 Å². The average Bonchev–Trinajstić information content (AvgIpc) is 2.20. The first-order valence-electron chi connectivity index (χ1n) is 3.80. The van der Waals surface area contributed by atoms with Gasteiger partial charge in [-0.25, -0.2) is 5.84 Å². The minimum Gasteiger partial charge on any atom is -0.424 e. The summed E-state index contributed by atoms with van der Waals surface area (Å²) in [7, 11) is 0. The number of carbonyl (C=O) groups excluding carboxylic acids is 1. The van der Waals surface area contributed by atoms with Crippen LogP contribution in [0.2, 0.25) is 0 Å². The molecule has 0 spiro atoms. The van der Waals surface area contributed by atoms with Gasteiger partial charge in [-0.2, -0.15) is 8.78 Å². The molecule has 0 aliphatic carbocycles. The Bertz CT molecular complexity index is 373. The van der Waals surface area contributed by atoms with Gasteiger partial charge >= 0.3 is 12.0 Å². The van der Waals surface area contributed by atoms with Gasteiger partial charge in [0.15, 0.2) is 0 Å². The Hall–Kier alpha value is -0.960. The molecule has 0 fully saturated rings. The summed E-state index contributed by atoms with van der Waals surface area (Å²) in [5.74, 6) is 2.82. The van der Waals surface area contributed by atoms with Crippen LogP contribution in [-0.4, -0.2) is 12.0 Å². The van der Waals surface area contributed by atoms with E-state index in [2.05, 4.69) is 10.6 Å². The largest absolute Gasteiger partial charge is 0.483 e. The SMILES string of the molecule is NNC(=O)C(F)(F)Oc1ccccc1I. The second-order valence-electron chi connectivity index (χ2n) is 2.52. The Morgan fingerprint density at radius 2 is 2.07 bits per heavy atom. The maximum Gasteiger partial charge on any atom is 0.483 e. The Balaban J connectivity index is 2.86. The van der Waals surface area contributed by atoms with Crippen molar-refractivity contribution in [2.75, 3.05) is 0 Å². The third kappa shape index (κ3) is 2.99. The fraction of sp³-hybridized carbons (Fsp3) is 0.125. The van der Waals surface area contributed by atoms with Gasteiger partial charge in [0, 0.05) is 0 Å². The molecule has 1 aromatic carbocycles. The topological polar surface area (TPSA) is 64.3 Å². The zero-order valence-corrected chi connectivity index (χ0v) is 9.49. The van der Waals surface area contributed by atoms with Crippen molar-refractivity contribution in [1.29, 1.82) is 0 Å². The molecule has 3 N–H and O–H groups in total. The first-order valence-corrected chi connectivity index (χ1v) is 4.87. The molecule has 15 heavy (non-hydrogen) atoms. The molecule has 1 rings (SSSR count). The molecule has 0 aliphatic heterocycles. The summed E-state index contributed by atoms with van der Waals surface area (Å²) in [4.78, 5) is 10.6. The maximum absolute atomic E-state index is 13.0. The van der Waals surface area contributed by atoms with E-state index < -0.39 is 12.0 Å². The normalized spacial score (nSPS) is 10.9. The van der Waals surface area contributed by atoms with Crippen molar-refractivity contribution in [1.82, 2.24) is 5.43 Å². The van der Waals surface area contributed by atoms with Crippen LogP contribution in [0.25, 0.3) is 0 Å². The van der Waals surface area contributed by atoms with Gasteiger partial charge in [-0.15, -0.1) is 0 Å². The molecule has 0 unspecified atom stereocenters. The van der Waals surface area contributed by atoms with E-state index in [0.29, 0.717) is 3.57 Å². The van der Waals surface area contributed by atoms with Crippen LogP contribution >= 0.6 is 22.6 Å². The Morgan fingerprint density at radius 3 is 2.60 bits per heavy atom. The highest BCUT2D eigenvalue weighted by molar-refractivity contribution is 14.1. The Labute approximate surface area is 97.9 Å². The molecule has 0 aromatic heterocycles. The number of ether oxygens (including phenoxy) is 1. The summed E-state index contributed by atoms with van der Waals surface area (Å²) in [5, 5.41) is 0. The van der Waals surface area contributed by atoms with E-state index in [-0.39, 0.29) is 5.75 Å². The van der Waals surface area contributed by atoms with Crippen LogP contribution in [0.3, 0.4) is 0 Å². The van der Waals surface area contributed by atoms with Crippen LogP contribution < -0.4 is 16.0 Å². The minimum absolute atomic E-state index is 0.0771. The fourth-order valence-electron chi connectivity index (χ4n) is 0.796. The van der Waals surface area contributed by atoms with Crippen LogP contribution in [0.4, 0.5) is 8.78 Å². The van der Waals surface area contributed by atoms with Gasteiger partial charge in [0.25, 0.3) is 0 Å². The lowest BCUT2D eigenvalue weighted by atomic mass is 10.3. The first kappa shape index (κ1) is 12.1. The molecule has 0 saturated heterocycles. The maximum atomic E-state index is 13.0. The van der Waals surface area contributed by atoms with Crippen LogP contribution in [0, 0.1) is 3.57 Å². The van der Waals surface area contributed by atoms with E-state index in [1.165, 1.54) is 17.6 Å². The highest BCUT2D eigenvalue weighted by Crippen LogP contribution is 2.26. The molecular weight excluding hydrogens is 321 g/mol. The second kappa shape index (κ2) is 4.71. The molecule has 1 aromatic rings. The van der Waals surface area contributed by atoms with E-state index >= 15 is 0 Å². The monoisotopic (exact) mass is 328 g/mol. The van der Waals surface area contributed by atoms with E-state index in [1.807, 2.05) is 22.6 Å². The summed E-state index contributed by atoms with van der Waals surface area (Å²) in [6.07, 6.45) is -3.98. The number of amides is 1. The average molecular weight is 328 g/mol. The number of nitrogens with two attached hydrogens (primary N) is 1. The zero-order chi connectivity index (χ0) is 11.5. The minimum atomic E-state index is -3.98. The highest BCUT2D eigenvalue weighted by Gasteiger charge is 2.42. The van der Waals surface area contributed by atoms with Gasteiger partial charge in [-0.05, 0) is 34.7 Å². The van der Waals surface area contributed by atoms with Crippen LogP contribution in [0.15, 0.2) is 24.3 Å². The van der Waals surface area contributed by atoms with Crippen molar-refractivity contribution < 1.29 is 18.3 Å². The van der Waals surface area contributed by atoms with Crippen molar-refractivity contribution in [2.24, 2.45) is 5.84 Å². The van der Waals surface area contributed by atoms with Gasteiger partial charge in [0.1, 0.15) is 5.75 Å². The third-order valence-electron chi connectivity index (χ3n) is 1.47.